The van der Waals surface area contributed by atoms with Gasteiger partial charge in [0.2, 0.25) is 0 Å². The first-order valence-corrected chi connectivity index (χ1v) is 28.6. The number of benzene rings is 9. The number of rotatable bonds is 11. The maximum Gasteiger partial charge on any atom is 0.338 e. The number of hydrogen-bond donors (Lipinski definition) is 24. The van der Waals surface area contributed by atoms with Crippen LogP contribution in [0.3, 0.4) is 0 Å². The number of aromatic hydroxyl groups is 24. The zero-order valence-electron chi connectivity index (χ0n) is 49.5. The van der Waals surface area contributed by atoms with Gasteiger partial charge in [0, 0.05) is 75.2 Å². The lowest BCUT2D eigenvalue weighted by molar-refractivity contribution is -0.0346. The van der Waals surface area contributed by atoms with Crippen molar-refractivity contribution in [2.75, 3.05) is 0 Å². The van der Waals surface area contributed by atoms with Crippen LogP contribution >= 0.6 is 0 Å². The van der Waals surface area contributed by atoms with Crippen LogP contribution in [0.2, 0.25) is 0 Å². The average molecular weight is 1370 g/mol. The van der Waals surface area contributed by atoms with Crippen molar-refractivity contribution in [2.24, 2.45) is 0 Å². The molecule has 0 amide bonds. The van der Waals surface area contributed by atoms with E-state index < -0.39 is 289 Å². The quantitative estimate of drug-likeness (QED) is 0.0373. The van der Waals surface area contributed by atoms with Crippen LogP contribution in [0, 0.1) is 0 Å². The van der Waals surface area contributed by atoms with Gasteiger partial charge in [-0.2, -0.15) is 0 Å². The summed E-state index contributed by atoms with van der Waals surface area (Å²) in [5.74, 6) is -38.0. The molecule has 0 spiro atoms. The number of carbonyl (C=O) groups excluding carboxylic acids is 3. The van der Waals surface area contributed by atoms with Crippen LogP contribution < -0.4 is 14.2 Å². The van der Waals surface area contributed by atoms with E-state index in [1.165, 1.54) is 0 Å². The Kier molecular flexibility index (Phi) is 15.6. The van der Waals surface area contributed by atoms with Crippen molar-refractivity contribution in [3.63, 3.8) is 0 Å². The topological polar surface area (TPSA) is 592 Å². The van der Waals surface area contributed by atoms with Gasteiger partial charge in [0.05, 0.1) is 28.5 Å². The van der Waals surface area contributed by atoms with E-state index >= 15 is 0 Å². The Labute approximate surface area is 549 Å². The highest BCUT2D eigenvalue weighted by Gasteiger charge is 2.54. The monoisotopic (exact) mass is 1370 g/mol. The van der Waals surface area contributed by atoms with Gasteiger partial charge < -0.3 is 151 Å². The van der Waals surface area contributed by atoms with Crippen molar-refractivity contribution in [1.82, 2.24) is 0 Å². The van der Waals surface area contributed by atoms with Gasteiger partial charge >= 0.3 is 17.9 Å². The number of esters is 3. The SMILES string of the molecule is O=C(OC1Cc2c(O)cc(O)c(C3c4c(O)cc(O)c(C5c6c(O)cc(O)cc6O[C@H](c6cc(O)c(O)c(O)c6)C5OC(=O)c5cc(O)c(O)c(O)c5)c4O[C@H](c4cc(O)c(O)c(O)c4)C3OC(=O)c3cc(O)c(O)c(O)c3)c2O[C@@H]1c1cc(O)c(O)c(O)c1)c1cc(O)c(O)c(O)c1. The minimum absolute atomic E-state index is 0.436. The summed E-state index contributed by atoms with van der Waals surface area (Å²) in [7, 11) is 0. The molecule has 0 aromatic heterocycles. The highest BCUT2D eigenvalue weighted by molar-refractivity contribution is 5.93. The van der Waals surface area contributed by atoms with Crippen LogP contribution in [0.25, 0.3) is 0 Å². The van der Waals surface area contributed by atoms with Crippen LogP contribution in [0.5, 0.6) is 155 Å². The highest BCUT2D eigenvalue weighted by atomic mass is 16.6. The van der Waals surface area contributed by atoms with Gasteiger partial charge in [0.15, 0.2) is 134 Å². The Balaban J connectivity index is 1.18. The molecule has 0 bridgehead atoms. The molecule has 3 heterocycles. The van der Waals surface area contributed by atoms with Crippen molar-refractivity contribution < 1.29 is 165 Å². The van der Waals surface area contributed by atoms with E-state index in [0.29, 0.717) is 66.7 Å². The third kappa shape index (κ3) is 11.1. The van der Waals surface area contributed by atoms with Crippen LogP contribution in [0.15, 0.2) is 97.1 Å². The van der Waals surface area contributed by atoms with Crippen LogP contribution in [0.4, 0.5) is 0 Å². The molecular weight excluding hydrogens is 1320 g/mol. The first-order chi connectivity index (χ1) is 46.7. The van der Waals surface area contributed by atoms with E-state index in [-0.39, 0.29) is 0 Å². The molecule has 0 radical (unpaired) electrons. The Morgan fingerprint density at radius 3 is 0.970 bits per heavy atom. The van der Waals surface area contributed by atoms with Crippen LogP contribution in [-0.2, 0) is 20.6 Å². The standard InChI is InChI=1S/C66H50O33/c67-24-13-27(69)45-43(14-24)94-58(19-3-33(75)52(86)34(76)4-19)62(98-65(92)22-9-39(81)55(89)40(82)10-22)49(45)47-29(71)17-30(72)48-50(63(99-66(93)23-11-41(83)56(90)42(84)12-23)59(97-61(47)48)20-5-35(77)53(87)36(78)6-20)46-28(70)16-26(68)25-15-44(95-64(91)21-7-37(79)54(88)38(80)8-21)57(96-60(25)46)18-1-31(73)51(85)32(74)2-18/h1-14,16-17,44,49-50,57-59,62-63,67-90H,15H2/t44?,49?,50?,57-,58-,59-,62?,63?/m1/s1. The molecule has 33 nitrogen and oxygen atoms in total. The lowest BCUT2D eigenvalue weighted by Gasteiger charge is -2.44. The molecule has 512 valence electrons. The van der Waals surface area contributed by atoms with E-state index in [9.17, 15) is 137 Å². The number of ether oxygens (including phenoxy) is 6. The number of fused-ring (bicyclic) bond motifs is 3. The lowest BCUT2D eigenvalue weighted by atomic mass is 9.73. The Morgan fingerprint density at radius 1 is 0.293 bits per heavy atom. The van der Waals surface area contributed by atoms with Crippen LogP contribution in [0.1, 0.15) is 106 Å². The zero-order chi connectivity index (χ0) is 71.6. The summed E-state index contributed by atoms with van der Waals surface area (Å²) in [6, 6.07) is 10.8. The third-order valence-corrected chi connectivity index (χ3v) is 16.7. The smallest absolute Gasteiger partial charge is 0.338 e. The maximum atomic E-state index is 15.0. The van der Waals surface area contributed by atoms with Crippen molar-refractivity contribution in [3.05, 3.63) is 158 Å². The van der Waals surface area contributed by atoms with E-state index in [1.807, 2.05) is 0 Å². The van der Waals surface area contributed by atoms with E-state index in [4.69, 9.17) is 28.4 Å². The largest absolute Gasteiger partial charge is 0.508 e. The molecule has 24 N–H and O–H groups in total. The van der Waals surface area contributed by atoms with Crippen molar-refractivity contribution >= 4 is 17.9 Å². The van der Waals surface area contributed by atoms with Gasteiger partial charge in [-0.3, -0.25) is 0 Å². The summed E-state index contributed by atoms with van der Waals surface area (Å²) < 4.78 is 37.9. The normalized spacial score (nSPS) is 19.0. The average Bonchev–Trinajstić information content (AvgIpc) is 0.711. The molecule has 99 heavy (non-hydrogen) atoms. The van der Waals surface area contributed by atoms with E-state index in [1.54, 1.807) is 0 Å². The van der Waals surface area contributed by atoms with Crippen molar-refractivity contribution in [1.29, 1.82) is 0 Å². The van der Waals surface area contributed by atoms with Gasteiger partial charge in [0.1, 0.15) is 57.8 Å². The van der Waals surface area contributed by atoms with Crippen LogP contribution in [-0.4, -0.2) is 159 Å². The first-order valence-electron chi connectivity index (χ1n) is 28.6. The summed E-state index contributed by atoms with van der Waals surface area (Å²) in [6.45, 7) is 0. The molecule has 0 fully saturated rings. The number of phenols is 24. The number of carbonyl (C=O) groups is 3. The Morgan fingerprint density at radius 2 is 0.586 bits per heavy atom. The Hall–Kier alpha value is -14.0. The summed E-state index contributed by atoms with van der Waals surface area (Å²) in [5, 5.41) is 266. The summed E-state index contributed by atoms with van der Waals surface area (Å²) in [5.41, 5.74) is -7.52. The minimum atomic E-state index is -2.46. The molecule has 0 saturated heterocycles. The van der Waals surface area contributed by atoms with Gasteiger partial charge in [-0.25, -0.2) is 14.4 Å². The van der Waals surface area contributed by atoms with Gasteiger partial charge in [0.25, 0.3) is 0 Å². The molecule has 3 aliphatic rings. The van der Waals surface area contributed by atoms with E-state index in [2.05, 4.69) is 0 Å². The van der Waals surface area contributed by atoms with Gasteiger partial charge in [-0.15, -0.1) is 0 Å². The fourth-order valence-electron chi connectivity index (χ4n) is 12.2. The molecule has 8 atom stereocenters. The first kappa shape index (κ1) is 65.1. The minimum Gasteiger partial charge on any atom is -0.508 e. The molecule has 5 unspecified atom stereocenters. The fraction of sp³-hybridized carbons (Fsp3) is 0.136. The second-order valence-electron chi connectivity index (χ2n) is 22.9. The third-order valence-electron chi connectivity index (χ3n) is 16.7. The molecule has 0 saturated carbocycles. The molecule has 12 rings (SSSR count). The van der Waals surface area contributed by atoms with Gasteiger partial charge in [-0.05, 0) is 72.8 Å². The highest BCUT2D eigenvalue weighted by Crippen LogP contribution is 2.64. The number of phenolic OH excluding ortho intramolecular Hbond substituents is 24. The summed E-state index contributed by atoms with van der Waals surface area (Å²) in [6.07, 6.45) is -14.0. The molecule has 9 aromatic carbocycles. The van der Waals surface area contributed by atoms with Crippen molar-refractivity contribution in [3.8, 4) is 155 Å². The molecule has 0 aliphatic carbocycles. The lowest BCUT2D eigenvalue weighted by Crippen LogP contribution is -2.42. The summed E-state index contributed by atoms with van der Waals surface area (Å²) >= 11 is 0. The summed E-state index contributed by atoms with van der Waals surface area (Å²) in [4.78, 5) is 43.8. The molecule has 33 heteroatoms. The second-order valence-corrected chi connectivity index (χ2v) is 22.9. The molecule has 3 aliphatic heterocycles. The Bertz CT molecular complexity index is 4790. The predicted octanol–water partition coefficient (Wildman–Crippen LogP) is 6.51. The van der Waals surface area contributed by atoms with Gasteiger partial charge in [-0.1, -0.05) is 0 Å². The van der Waals surface area contributed by atoms with Crippen molar-refractivity contribution in [2.45, 2.75) is 54.9 Å². The number of hydrogen-bond acceptors (Lipinski definition) is 33. The van der Waals surface area contributed by atoms with E-state index in [0.717, 1.165) is 30.3 Å². The maximum absolute atomic E-state index is 15.0. The zero-order valence-corrected chi connectivity index (χ0v) is 49.5. The fourth-order valence-corrected chi connectivity index (χ4v) is 12.2. The molecule has 9 aromatic rings. The predicted molar refractivity (Wildman–Crippen MR) is 323 cm³/mol. The second kappa shape index (κ2) is 23.8. The molecular formula is C66H50O33.